The summed E-state index contributed by atoms with van der Waals surface area (Å²) in [6.07, 6.45) is 0.244. The molecule has 10 heteroatoms. The van der Waals surface area contributed by atoms with Gasteiger partial charge in [-0.05, 0) is 44.9 Å². The molecule has 4 rings (SSSR count). The molecule has 2 amide bonds. The Balaban J connectivity index is 1.32. The zero-order valence-electron chi connectivity index (χ0n) is 19.6. The maximum Gasteiger partial charge on any atom is 0.254 e. The molecule has 1 aliphatic rings. The molecule has 3 aromatic rings. The van der Waals surface area contributed by atoms with Crippen LogP contribution in [0.4, 0.5) is 11.6 Å². The third-order valence-electron chi connectivity index (χ3n) is 6.36. The predicted molar refractivity (Wildman–Crippen MR) is 126 cm³/mol. The second kappa shape index (κ2) is 9.14. The minimum Gasteiger partial charge on any atom is -0.366 e. The van der Waals surface area contributed by atoms with Crippen LogP contribution in [0.2, 0.25) is 0 Å². The van der Waals surface area contributed by atoms with Crippen molar-refractivity contribution in [1.29, 1.82) is 0 Å². The lowest BCUT2D eigenvalue weighted by atomic mass is 10.1. The van der Waals surface area contributed by atoms with E-state index < -0.39 is 0 Å². The Morgan fingerprint density at radius 3 is 2.52 bits per heavy atom. The Kier molecular flexibility index (Phi) is 6.28. The first-order valence-electron chi connectivity index (χ1n) is 11.1. The monoisotopic (exact) mass is 450 g/mol. The highest BCUT2D eigenvalue weighted by molar-refractivity contribution is 5.93. The molecular weight excluding hydrogens is 420 g/mol. The lowest BCUT2D eigenvalue weighted by Crippen LogP contribution is -2.50. The summed E-state index contributed by atoms with van der Waals surface area (Å²) in [6.45, 7) is 10.6. The number of hydrogen-bond donors (Lipinski definition) is 2. The minimum atomic E-state index is -0.0405. The standard InChI is InChI=1S/C23H30N8O2/c1-14-6-5-7-19(15(14)2)26-20(32)13-29-8-10-30(11-9-29)21(33)12-18-16(3)25-23-27-22(24)28-31(23)17(18)4/h5-7H,8-13H2,1-4H3,(H2,24,28)(H,26,32). The Morgan fingerprint density at radius 2 is 1.79 bits per heavy atom. The number of fused-ring (bicyclic) bond motifs is 1. The van der Waals surface area contributed by atoms with Crippen molar-refractivity contribution in [3.8, 4) is 0 Å². The number of nitrogens with zero attached hydrogens (tertiary/aromatic N) is 6. The molecule has 1 aromatic carbocycles. The fraction of sp³-hybridized carbons (Fsp3) is 0.435. The molecule has 1 fully saturated rings. The van der Waals surface area contributed by atoms with Crippen molar-refractivity contribution < 1.29 is 9.59 Å². The van der Waals surface area contributed by atoms with Crippen molar-refractivity contribution in [2.45, 2.75) is 34.1 Å². The van der Waals surface area contributed by atoms with E-state index >= 15 is 0 Å². The maximum absolute atomic E-state index is 13.0. The van der Waals surface area contributed by atoms with Gasteiger partial charge in [0.1, 0.15) is 0 Å². The van der Waals surface area contributed by atoms with E-state index in [0.29, 0.717) is 38.5 Å². The fourth-order valence-corrected chi connectivity index (χ4v) is 4.18. The van der Waals surface area contributed by atoms with Crippen molar-refractivity contribution in [3.05, 3.63) is 46.3 Å². The molecule has 0 atom stereocenters. The van der Waals surface area contributed by atoms with E-state index in [1.165, 1.54) is 0 Å². The third kappa shape index (κ3) is 4.80. The second-order valence-electron chi connectivity index (χ2n) is 8.57. The van der Waals surface area contributed by atoms with Gasteiger partial charge in [0, 0.05) is 48.8 Å². The van der Waals surface area contributed by atoms with Crippen LogP contribution < -0.4 is 11.1 Å². The SMILES string of the molecule is Cc1cccc(NC(=O)CN2CCN(C(=O)Cc3c(C)nc4nc(N)nn4c3C)CC2)c1C. The summed E-state index contributed by atoms with van der Waals surface area (Å²) >= 11 is 0. The van der Waals surface area contributed by atoms with Gasteiger partial charge in [-0.25, -0.2) is 4.98 Å². The molecule has 0 aliphatic carbocycles. The smallest absolute Gasteiger partial charge is 0.254 e. The van der Waals surface area contributed by atoms with Crippen LogP contribution in [0.1, 0.15) is 28.1 Å². The van der Waals surface area contributed by atoms with E-state index in [0.717, 1.165) is 33.8 Å². The predicted octanol–water partition coefficient (Wildman–Crippen LogP) is 1.27. The average Bonchev–Trinajstić information content (AvgIpc) is 3.15. The lowest BCUT2D eigenvalue weighted by Gasteiger charge is -2.34. The number of nitrogen functional groups attached to an aromatic ring is 1. The number of aryl methyl sites for hydroxylation is 3. The summed E-state index contributed by atoms with van der Waals surface area (Å²) in [6, 6.07) is 5.89. The molecule has 2 aromatic heterocycles. The zero-order chi connectivity index (χ0) is 23.7. The van der Waals surface area contributed by atoms with Gasteiger partial charge in [0.05, 0.1) is 13.0 Å². The van der Waals surface area contributed by atoms with Gasteiger partial charge >= 0.3 is 0 Å². The molecule has 10 nitrogen and oxygen atoms in total. The van der Waals surface area contributed by atoms with Crippen LogP contribution in [0.15, 0.2) is 18.2 Å². The van der Waals surface area contributed by atoms with Gasteiger partial charge < -0.3 is 16.0 Å². The summed E-state index contributed by atoms with van der Waals surface area (Å²) < 4.78 is 1.58. The molecule has 3 N–H and O–H groups in total. The zero-order valence-corrected chi connectivity index (χ0v) is 19.6. The second-order valence-corrected chi connectivity index (χ2v) is 8.57. The molecule has 0 saturated carbocycles. The summed E-state index contributed by atoms with van der Waals surface area (Å²) in [5, 5.41) is 7.17. The number of anilines is 2. The highest BCUT2D eigenvalue weighted by atomic mass is 16.2. The Bertz CT molecular complexity index is 1210. The molecule has 1 saturated heterocycles. The first-order valence-corrected chi connectivity index (χ1v) is 11.1. The number of nitrogens with one attached hydrogen (secondary N) is 1. The topological polar surface area (TPSA) is 122 Å². The van der Waals surface area contributed by atoms with E-state index in [9.17, 15) is 9.59 Å². The number of carbonyl (C=O) groups excluding carboxylic acids is 2. The van der Waals surface area contributed by atoms with Crippen LogP contribution >= 0.6 is 0 Å². The van der Waals surface area contributed by atoms with E-state index in [1.807, 2.05) is 50.8 Å². The number of rotatable bonds is 5. The van der Waals surface area contributed by atoms with Crippen LogP contribution in [0.25, 0.3) is 5.78 Å². The van der Waals surface area contributed by atoms with Gasteiger partial charge in [0.15, 0.2) is 0 Å². The van der Waals surface area contributed by atoms with E-state index in [1.54, 1.807) is 4.52 Å². The lowest BCUT2D eigenvalue weighted by molar-refractivity contribution is -0.132. The first-order chi connectivity index (χ1) is 15.7. The van der Waals surface area contributed by atoms with Gasteiger partial charge in [-0.2, -0.15) is 9.50 Å². The Morgan fingerprint density at radius 1 is 1.06 bits per heavy atom. The van der Waals surface area contributed by atoms with E-state index in [2.05, 4.69) is 25.3 Å². The Labute approximate surface area is 192 Å². The highest BCUT2D eigenvalue weighted by Gasteiger charge is 2.24. The van der Waals surface area contributed by atoms with Gasteiger partial charge in [0.2, 0.25) is 17.8 Å². The van der Waals surface area contributed by atoms with Crippen molar-refractivity contribution in [1.82, 2.24) is 29.4 Å². The van der Waals surface area contributed by atoms with E-state index in [4.69, 9.17) is 5.73 Å². The summed E-state index contributed by atoms with van der Waals surface area (Å²) in [5.74, 6) is 0.591. The fourth-order valence-electron chi connectivity index (χ4n) is 4.18. The minimum absolute atomic E-state index is 0.0370. The molecule has 33 heavy (non-hydrogen) atoms. The van der Waals surface area contributed by atoms with Gasteiger partial charge in [-0.15, -0.1) is 5.10 Å². The normalized spacial score (nSPS) is 14.6. The summed E-state index contributed by atoms with van der Waals surface area (Å²) in [5.41, 5.74) is 11.2. The summed E-state index contributed by atoms with van der Waals surface area (Å²) in [7, 11) is 0. The van der Waals surface area contributed by atoms with Crippen molar-refractivity contribution in [3.63, 3.8) is 0 Å². The molecule has 1 aliphatic heterocycles. The number of hydrogen-bond acceptors (Lipinski definition) is 7. The van der Waals surface area contributed by atoms with Crippen molar-refractivity contribution in [2.75, 3.05) is 43.8 Å². The Hall–Kier alpha value is -3.53. The van der Waals surface area contributed by atoms with Crippen molar-refractivity contribution in [2.24, 2.45) is 0 Å². The van der Waals surface area contributed by atoms with Crippen LogP contribution in [0.3, 0.4) is 0 Å². The van der Waals surface area contributed by atoms with Gasteiger partial charge in [0.25, 0.3) is 5.78 Å². The quantitative estimate of drug-likeness (QED) is 0.600. The van der Waals surface area contributed by atoms with Crippen molar-refractivity contribution >= 4 is 29.2 Å². The number of benzene rings is 1. The number of carbonyl (C=O) groups is 2. The number of piperazine rings is 1. The molecule has 0 radical (unpaired) electrons. The average molecular weight is 451 g/mol. The highest BCUT2D eigenvalue weighted by Crippen LogP contribution is 2.19. The van der Waals surface area contributed by atoms with Crippen LogP contribution in [-0.2, 0) is 16.0 Å². The molecule has 0 spiro atoms. The van der Waals surface area contributed by atoms with E-state index in [-0.39, 0.29) is 24.2 Å². The van der Waals surface area contributed by atoms with Gasteiger partial charge in [-0.3, -0.25) is 14.5 Å². The molecule has 0 bridgehead atoms. The number of aromatic nitrogens is 4. The largest absolute Gasteiger partial charge is 0.366 e. The summed E-state index contributed by atoms with van der Waals surface area (Å²) in [4.78, 5) is 38.0. The maximum atomic E-state index is 13.0. The molecule has 174 valence electrons. The number of amides is 2. The molecule has 0 unspecified atom stereocenters. The first kappa shape index (κ1) is 22.7. The third-order valence-corrected chi connectivity index (χ3v) is 6.36. The molecular formula is C23H30N8O2. The number of nitrogens with two attached hydrogens (primary N) is 1. The van der Waals surface area contributed by atoms with Crippen LogP contribution in [-0.4, -0.2) is 73.9 Å². The van der Waals surface area contributed by atoms with Crippen LogP contribution in [0, 0.1) is 27.7 Å². The molecule has 3 heterocycles. The van der Waals surface area contributed by atoms with Gasteiger partial charge in [-0.1, -0.05) is 12.1 Å². The van der Waals surface area contributed by atoms with Crippen LogP contribution in [0.5, 0.6) is 0 Å².